The topological polar surface area (TPSA) is 101 Å². The fourth-order valence-electron chi connectivity index (χ4n) is 1.30. The Morgan fingerprint density at radius 1 is 1.53 bits per heavy atom. The van der Waals surface area contributed by atoms with Crippen molar-refractivity contribution in [2.24, 2.45) is 5.84 Å². The summed E-state index contributed by atoms with van der Waals surface area (Å²) >= 11 is 0. The summed E-state index contributed by atoms with van der Waals surface area (Å²) in [5, 5.41) is 0.360. The lowest BCUT2D eigenvalue weighted by Crippen LogP contribution is -2.33. The number of rotatable bonds is 1. The van der Waals surface area contributed by atoms with E-state index in [0.717, 1.165) is 0 Å². The number of nitrogens with one attached hydrogen (secondary N) is 2. The van der Waals surface area contributed by atoms with E-state index in [4.69, 9.17) is 5.84 Å². The third-order valence-corrected chi connectivity index (χ3v) is 2.03. The van der Waals surface area contributed by atoms with Crippen LogP contribution in [0.5, 0.6) is 0 Å². The number of nitrogens with zero attached hydrogens (tertiary/aromatic N) is 1. The van der Waals surface area contributed by atoms with Gasteiger partial charge in [-0.1, -0.05) is 0 Å². The maximum atomic E-state index is 11.8. The zero-order chi connectivity index (χ0) is 10.8. The highest BCUT2D eigenvalue weighted by atomic mass is 16.2. The Morgan fingerprint density at radius 2 is 2.33 bits per heavy atom. The van der Waals surface area contributed by atoms with Crippen LogP contribution in [-0.2, 0) is 0 Å². The molecular weight excluding hydrogens is 196 g/mol. The SMILES string of the molecule is NNC(=O)c1c[nH]c2ncccc2c1=O. The number of hydrazine groups is 1. The second-order valence-corrected chi connectivity index (χ2v) is 2.90. The highest BCUT2D eigenvalue weighted by Gasteiger charge is 2.11. The first-order valence-electron chi connectivity index (χ1n) is 4.21. The van der Waals surface area contributed by atoms with Crippen molar-refractivity contribution in [2.45, 2.75) is 0 Å². The summed E-state index contributed by atoms with van der Waals surface area (Å²) in [7, 11) is 0. The Hall–Kier alpha value is -2.21. The number of pyridine rings is 2. The molecule has 0 aliphatic heterocycles. The van der Waals surface area contributed by atoms with Crippen LogP contribution in [0.4, 0.5) is 0 Å². The van der Waals surface area contributed by atoms with E-state index in [1.54, 1.807) is 18.3 Å². The Bertz CT molecular complexity index is 576. The summed E-state index contributed by atoms with van der Waals surface area (Å²) in [4.78, 5) is 29.7. The molecule has 0 spiro atoms. The molecule has 0 unspecified atom stereocenters. The van der Waals surface area contributed by atoms with Crippen LogP contribution in [0.25, 0.3) is 11.0 Å². The number of fused-ring (bicyclic) bond motifs is 1. The van der Waals surface area contributed by atoms with Gasteiger partial charge in [-0.2, -0.15) is 0 Å². The van der Waals surface area contributed by atoms with Gasteiger partial charge in [-0.25, -0.2) is 10.8 Å². The number of nitrogens with two attached hydrogens (primary N) is 1. The Kier molecular flexibility index (Phi) is 2.18. The van der Waals surface area contributed by atoms with Crippen molar-refractivity contribution in [1.29, 1.82) is 0 Å². The van der Waals surface area contributed by atoms with E-state index in [1.807, 2.05) is 5.43 Å². The molecule has 2 aromatic heterocycles. The van der Waals surface area contributed by atoms with Crippen LogP contribution in [0.15, 0.2) is 29.3 Å². The maximum Gasteiger partial charge on any atom is 0.270 e. The normalized spacial score (nSPS) is 10.2. The molecule has 2 heterocycles. The second-order valence-electron chi connectivity index (χ2n) is 2.90. The molecule has 15 heavy (non-hydrogen) atoms. The van der Waals surface area contributed by atoms with Crippen LogP contribution in [-0.4, -0.2) is 15.9 Å². The van der Waals surface area contributed by atoms with E-state index < -0.39 is 5.91 Å². The maximum absolute atomic E-state index is 11.8. The minimum atomic E-state index is -0.623. The average Bonchev–Trinajstić information content (AvgIpc) is 2.29. The van der Waals surface area contributed by atoms with Crippen LogP contribution in [0.2, 0.25) is 0 Å². The fourth-order valence-corrected chi connectivity index (χ4v) is 1.30. The number of carbonyl (C=O) groups is 1. The molecular formula is C9H8N4O2. The molecule has 1 amide bonds. The standard InChI is InChI=1S/C9H8N4O2/c10-13-9(15)6-4-12-8-5(7(6)14)2-1-3-11-8/h1-4H,10H2,(H,13,15)(H,11,12,14). The van der Waals surface area contributed by atoms with Gasteiger partial charge in [0.25, 0.3) is 5.91 Å². The van der Waals surface area contributed by atoms with Crippen LogP contribution in [0.3, 0.4) is 0 Å². The molecule has 0 bridgehead atoms. The first kappa shape index (κ1) is 9.35. The number of hydrogen-bond donors (Lipinski definition) is 3. The summed E-state index contributed by atoms with van der Waals surface area (Å²) in [6, 6.07) is 3.22. The molecule has 0 aromatic carbocycles. The number of H-pyrrole nitrogens is 1. The van der Waals surface area contributed by atoms with Gasteiger partial charge in [0, 0.05) is 12.4 Å². The lowest BCUT2D eigenvalue weighted by atomic mass is 10.2. The predicted molar refractivity (Wildman–Crippen MR) is 54.0 cm³/mol. The van der Waals surface area contributed by atoms with Gasteiger partial charge in [0.15, 0.2) is 0 Å². The quantitative estimate of drug-likeness (QED) is 0.332. The number of carbonyl (C=O) groups excluding carboxylic acids is 1. The number of amides is 1. The first-order chi connectivity index (χ1) is 7.24. The van der Waals surface area contributed by atoms with Gasteiger partial charge in [-0.05, 0) is 12.1 Å². The van der Waals surface area contributed by atoms with Gasteiger partial charge in [0.2, 0.25) is 5.43 Å². The van der Waals surface area contributed by atoms with E-state index >= 15 is 0 Å². The largest absolute Gasteiger partial charge is 0.345 e. The molecule has 4 N–H and O–H groups in total. The zero-order valence-electron chi connectivity index (χ0n) is 7.65. The van der Waals surface area contributed by atoms with Crippen molar-refractivity contribution < 1.29 is 4.79 Å². The fraction of sp³-hybridized carbons (Fsp3) is 0. The van der Waals surface area contributed by atoms with Crippen molar-refractivity contribution in [1.82, 2.24) is 15.4 Å². The highest BCUT2D eigenvalue weighted by Crippen LogP contribution is 2.03. The third-order valence-electron chi connectivity index (χ3n) is 2.03. The summed E-state index contributed by atoms with van der Waals surface area (Å²) in [6.45, 7) is 0. The Labute approximate surface area is 84.1 Å². The molecule has 0 aliphatic carbocycles. The molecule has 0 atom stereocenters. The van der Waals surface area contributed by atoms with E-state index in [1.165, 1.54) is 6.20 Å². The third kappa shape index (κ3) is 1.46. The molecule has 2 rings (SSSR count). The number of nitrogen functional groups attached to an aromatic ring is 1. The number of hydrogen-bond acceptors (Lipinski definition) is 4. The van der Waals surface area contributed by atoms with Gasteiger partial charge in [-0.15, -0.1) is 0 Å². The molecule has 6 heteroatoms. The zero-order valence-corrected chi connectivity index (χ0v) is 7.65. The molecule has 0 saturated heterocycles. The van der Waals surface area contributed by atoms with Gasteiger partial charge >= 0.3 is 0 Å². The van der Waals surface area contributed by atoms with Crippen LogP contribution in [0, 0.1) is 0 Å². The smallest absolute Gasteiger partial charge is 0.270 e. The van der Waals surface area contributed by atoms with E-state index in [9.17, 15) is 9.59 Å². The van der Waals surface area contributed by atoms with E-state index in [-0.39, 0.29) is 11.0 Å². The first-order valence-corrected chi connectivity index (χ1v) is 4.21. The predicted octanol–water partition coefficient (Wildman–Crippen LogP) is -0.473. The van der Waals surface area contributed by atoms with Gasteiger partial charge < -0.3 is 4.98 Å². The Balaban J connectivity index is 2.76. The van der Waals surface area contributed by atoms with E-state index in [2.05, 4.69) is 9.97 Å². The lowest BCUT2D eigenvalue weighted by molar-refractivity contribution is 0.0952. The highest BCUT2D eigenvalue weighted by molar-refractivity contribution is 5.96. The number of aromatic amines is 1. The lowest BCUT2D eigenvalue weighted by Gasteiger charge is -2.00. The van der Waals surface area contributed by atoms with Gasteiger partial charge in [0.1, 0.15) is 11.2 Å². The summed E-state index contributed by atoms with van der Waals surface area (Å²) in [5.41, 5.74) is 1.93. The van der Waals surface area contributed by atoms with Crippen LogP contribution in [0.1, 0.15) is 10.4 Å². The summed E-state index contributed by atoms with van der Waals surface area (Å²) < 4.78 is 0. The van der Waals surface area contributed by atoms with Gasteiger partial charge in [0.05, 0.1) is 5.39 Å². The second kappa shape index (κ2) is 3.50. The molecule has 2 aromatic rings. The molecule has 76 valence electrons. The van der Waals surface area contributed by atoms with Crippen LogP contribution >= 0.6 is 0 Å². The summed E-state index contributed by atoms with van der Waals surface area (Å²) in [6.07, 6.45) is 2.85. The summed E-state index contributed by atoms with van der Waals surface area (Å²) in [5.74, 6) is 4.33. The molecule has 0 radical (unpaired) electrons. The molecule has 0 fully saturated rings. The monoisotopic (exact) mass is 204 g/mol. The van der Waals surface area contributed by atoms with E-state index in [0.29, 0.717) is 11.0 Å². The van der Waals surface area contributed by atoms with Crippen molar-refractivity contribution in [3.05, 3.63) is 40.3 Å². The minimum absolute atomic E-state index is 0.0296. The Morgan fingerprint density at radius 3 is 3.07 bits per heavy atom. The van der Waals surface area contributed by atoms with Crippen LogP contribution < -0.4 is 16.7 Å². The number of aromatic nitrogens is 2. The minimum Gasteiger partial charge on any atom is -0.345 e. The molecule has 6 nitrogen and oxygen atoms in total. The van der Waals surface area contributed by atoms with Gasteiger partial charge in [-0.3, -0.25) is 15.0 Å². The molecule has 0 aliphatic rings. The van der Waals surface area contributed by atoms with Crippen molar-refractivity contribution in [3.8, 4) is 0 Å². The van der Waals surface area contributed by atoms with Crippen molar-refractivity contribution in [2.75, 3.05) is 0 Å². The van der Waals surface area contributed by atoms with Crippen molar-refractivity contribution in [3.63, 3.8) is 0 Å². The average molecular weight is 204 g/mol. The van der Waals surface area contributed by atoms with Crippen molar-refractivity contribution >= 4 is 16.9 Å². The molecule has 0 saturated carbocycles.